The topological polar surface area (TPSA) is 94.2 Å². The Morgan fingerprint density at radius 3 is 2.83 bits per heavy atom. The highest BCUT2D eigenvalue weighted by Gasteiger charge is 2.24. The third-order valence-electron chi connectivity index (χ3n) is 4.19. The normalized spacial score (nSPS) is 13.5. The molecule has 156 valence electrons. The standard InChI is InChI=1S/C19H21ClN2O6S/c1-26-10-8-21-29(24,25)14-6-7-17(15(20)12-14)28-13-19(23)22-9-11-27-18-5-3-2-4-16(18)22/h2-7,12,21H,8-11,13H2,1H3. The zero-order valence-electron chi connectivity index (χ0n) is 15.8. The van der Waals surface area contributed by atoms with Crippen LogP contribution in [0.5, 0.6) is 11.5 Å². The van der Waals surface area contributed by atoms with E-state index in [-0.39, 0.29) is 41.3 Å². The molecule has 2 aromatic carbocycles. The summed E-state index contributed by atoms with van der Waals surface area (Å²) in [5.74, 6) is 0.604. The van der Waals surface area contributed by atoms with Crippen LogP contribution in [-0.4, -0.2) is 54.3 Å². The number of sulfonamides is 1. The molecule has 0 saturated carbocycles. The van der Waals surface area contributed by atoms with Crippen molar-refractivity contribution in [3.63, 3.8) is 0 Å². The monoisotopic (exact) mass is 440 g/mol. The van der Waals surface area contributed by atoms with Crippen LogP contribution >= 0.6 is 11.6 Å². The van der Waals surface area contributed by atoms with E-state index >= 15 is 0 Å². The fraction of sp³-hybridized carbons (Fsp3) is 0.316. The number of hydrogen-bond donors (Lipinski definition) is 1. The van der Waals surface area contributed by atoms with Crippen LogP contribution in [-0.2, 0) is 19.6 Å². The quantitative estimate of drug-likeness (QED) is 0.631. The van der Waals surface area contributed by atoms with Crippen LogP contribution in [0.1, 0.15) is 0 Å². The maximum Gasteiger partial charge on any atom is 0.265 e. The summed E-state index contributed by atoms with van der Waals surface area (Å²) in [5, 5.41) is 0.0924. The van der Waals surface area contributed by atoms with E-state index in [2.05, 4.69) is 4.72 Å². The lowest BCUT2D eigenvalue weighted by Gasteiger charge is -2.29. The van der Waals surface area contributed by atoms with Crippen molar-refractivity contribution in [3.05, 3.63) is 47.5 Å². The fourth-order valence-corrected chi connectivity index (χ4v) is 4.11. The van der Waals surface area contributed by atoms with Crippen LogP contribution in [0.2, 0.25) is 5.02 Å². The number of anilines is 1. The first kappa shape index (κ1) is 21.4. The predicted molar refractivity (Wildman–Crippen MR) is 108 cm³/mol. The molecule has 0 atom stereocenters. The van der Waals surface area contributed by atoms with Crippen LogP contribution in [0.15, 0.2) is 47.4 Å². The highest BCUT2D eigenvalue weighted by molar-refractivity contribution is 7.89. The predicted octanol–water partition coefficient (Wildman–Crippen LogP) is 2.07. The third-order valence-corrected chi connectivity index (χ3v) is 5.95. The van der Waals surface area contributed by atoms with Crippen LogP contribution in [0, 0.1) is 0 Å². The van der Waals surface area contributed by atoms with E-state index in [1.165, 1.54) is 25.3 Å². The number of benzene rings is 2. The van der Waals surface area contributed by atoms with E-state index in [4.69, 9.17) is 25.8 Å². The summed E-state index contributed by atoms with van der Waals surface area (Å²) >= 11 is 6.16. The Morgan fingerprint density at radius 1 is 1.28 bits per heavy atom. The van der Waals surface area contributed by atoms with Gasteiger partial charge in [-0.25, -0.2) is 13.1 Å². The molecule has 10 heteroatoms. The molecule has 1 aliphatic rings. The van der Waals surface area contributed by atoms with Gasteiger partial charge in [-0.3, -0.25) is 4.79 Å². The van der Waals surface area contributed by atoms with Crippen molar-refractivity contribution in [3.8, 4) is 11.5 Å². The minimum absolute atomic E-state index is 0.000568. The highest BCUT2D eigenvalue weighted by atomic mass is 35.5. The molecule has 1 N–H and O–H groups in total. The Balaban J connectivity index is 1.65. The van der Waals surface area contributed by atoms with Gasteiger partial charge < -0.3 is 19.1 Å². The number of carbonyl (C=O) groups excluding carboxylic acids is 1. The largest absolute Gasteiger partial charge is 0.490 e. The van der Waals surface area contributed by atoms with E-state index in [0.29, 0.717) is 24.6 Å². The SMILES string of the molecule is COCCNS(=O)(=O)c1ccc(OCC(=O)N2CCOc3ccccc32)c(Cl)c1. The maximum atomic E-state index is 12.6. The second-order valence-electron chi connectivity index (χ2n) is 6.13. The molecule has 0 aliphatic carbocycles. The van der Waals surface area contributed by atoms with E-state index < -0.39 is 10.0 Å². The Morgan fingerprint density at radius 2 is 2.07 bits per heavy atom. The molecular weight excluding hydrogens is 420 g/mol. The summed E-state index contributed by atoms with van der Waals surface area (Å²) in [6.45, 7) is 0.959. The lowest BCUT2D eigenvalue weighted by atomic mass is 10.2. The molecule has 2 aromatic rings. The Labute approximate surface area is 174 Å². The molecule has 1 heterocycles. The van der Waals surface area contributed by atoms with Crippen LogP contribution in [0.3, 0.4) is 0 Å². The minimum atomic E-state index is -3.71. The lowest BCUT2D eigenvalue weighted by molar-refractivity contribution is -0.120. The average Bonchev–Trinajstić information content (AvgIpc) is 2.72. The average molecular weight is 441 g/mol. The van der Waals surface area contributed by atoms with Gasteiger partial charge in [0.1, 0.15) is 18.1 Å². The molecule has 1 aliphatic heterocycles. The van der Waals surface area contributed by atoms with Crippen molar-refractivity contribution in [1.29, 1.82) is 0 Å². The lowest BCUT2D eigenvalue weighted by Crippen LogP contribution is -2.40. The second kappa shape index (κ2) is 9.45. The van der Waals surface area contributed by atoms with Crippen molar-refractivity contribution < 1.29 is 27.4 Å². The molecule has 1 amide bonds. The van der Waals surface area contributed by atoms with Gasteiger partial charge in [0.05, 0.1) is 28.8 Å². The summed E-state index contributed by atoms with van der Waals surface area (Å²) in [4.78, 5) is 14.2. The van der Waals surface area contributed by atoms with E-state index in [9.17, 15) is 13.2 Å². The number of halogens is 1. The van der Waals surface area contributed by atoms with Crippen LogP contribution in [0.25, 0.3) is 0 Å². The van der Waals surface area contributed by atoms with Gasteiger partial charge in [0.15, 0.2) is 6.61 Å². The zero-order chi connectivity index (χ0) is 20.9. The van der Waals surface area contributed by atoms with Gasteiger partial charge in [0.25, 0.3) is 5.91 Å². The van der Waals surface area contributed by atoms with Gasteiger partial charge in [-0.1, -0.05) is 23.7 Å². The summed E-state index contributed by atoms with van der Waals surface area (Å²) in [7, 11) is -2.23. The molecule has 0 aromatic heterocycles. The highest BCUT2D eigenvalue weighted by Crippen LogP contribution is 2.31. The molecule has 3 rings (SSSR count). The van der Waals surface area contributed by atoms with Gasteiger partial charge in [-0.05, 0) is 30.3 Å². The molecule has 8 nitrogen and oxygen atoms in total. The Kier molecular flexibility index (Phi) is 6.96. The van der Waals surface area contributed by atoms with Crippen molar-refractivity contribution >= 4 is 33.2 Å². The number of nitrogens with one attached hydrogen (secondary N) is 1. The zero-order valence-corrected chi connectivity index (χ0v) is 17.3. The number of hydrogen-bond acceptors (Lipinski definition) is 6. The van der Waals surface area contributed by atoms with Gasteiger partial charge in [-0.15, -0.1) is 0 Å². The number of para-hydroxylation sites is 2. The van der Waals surface area contributed by atoms with Gasteiger partial charge >= 0.3 is 0 Å². The summed E-state index contributed by atoms with van der Waals surface area (Å²) < 4.78 is 42.7. The second-order valence-corrected chi connectivity index (χ2v) is 8.31. The van der Waals surface area contributed by atoms with E-state index in [1.54, 1.807) is 17.0 Å². The molecule has 29 heavy (non-hydrogen) atoms. The first-order valence-corrected chi connectivity index (χ1v) is 10.7. The number of amides is 1. The van der Waals surface area contributed by atoms with Crippen molar-refractivity contribution in [2.75, 3.05) is 44.9 Å². The van der Waals surface area contributed by atoms with Crippen molar-refractivity contribution in [2.24, 2.45) is 0 Å². The number of carbonyl (C=O) groups is 1. The van der Waals surface area contributed by atoms with E-state index in [0.717, 1.165) is 0 Å². The number of fused-ring (bicyclic) bond motifs is 1. The first-order chi connectivity index (χ1) is 13.9. The maximum absolute atomic E-state index is 12.6. The molecule has 0 radical (unpaired) electrons. The molecule has 0 saturated heterocycles. The fourth-order valence-electron chi connectivity index (χ4n) is 2.77. The summed E-state index contributed by atoms with van der Waals surface area (Å²) in [6, 6.07) is 11.3. The van der Waals surface area contributed by atoms with Gasteiger partial charge in [0.2, 0.25) is 10.0 Å². The van der Waals surface area contributed by atoms with Crippen LogP contribution in [0.4, 0.5) is 5.69 Å². The number of methoxy groups -OCH3 is 1. The number of rotatable bonds is 8. The minimum Gasteiger partial charge on any atom is -0.490 e. The first-order valence-electron chi connectivity index (χ1n) is 8.85. The molecule has 0 unspecified atom stereocenters. The van der Waals surface area contributed by atoms with Gasteiger partial charge in [-0.2, -0.15) is 0 Å². The van der Waals surface area contributed by atoms with Crippen LogP contribution < -0.4 is 19.1 Å². The Hall–Kier alpha value is -2.33. The Bertz CT molecular complexity index is 982. The van der Waals surface area contributed by atoms with E-state index in [1.807, 2.05) is 12.1 Å². The third kappa shape index (κ3) is 5.18. The number of ether oxygens (including phenoxy) is 3. The number of nitrogens with zero attached hydrogens (tertiary/aromatic N) is 1. The molecular formula is C19H21ClN2O6S. The van der Waals surface area contributed by atoms with Gasteiger partial charge in [0, 0.05) is 13.7 Å². The van der Waals surface area contributed by atoms with Crippen molar-refractivity contribution in [2.45, 2.75) is 4.90 Å². The molecule has 0 spiro atoms. The molecule has 0 bridgehead atoms. The smallest absolute Gasteiger partial charge is 0.265 e. The van der Waals surface area contributed by atoms with Crippen molar-refractivity contribution in [1.82, 2.24) is 4.72 Å². The summed E-state index contributed by atoms with van der Waals surface area (Å²) in [6.07, 6.45) is 0. The summed E-state index contributed by atoms with van der Waals surface area (Å²) in [5.41, 5.74) is 0.682. The molecule has 0 fully saturated rings.